The number of aromatic nitrogens is 4. The largest absolute Gasteiger partial charge is 0.340 e. The molecule has 4 rings (SSSR count). The third kappa shape index (κ3) is 4.15. The highest BCUT2D eigenvalue weighted by atomic mass is 35.5. The molecule has 0 aliphatic heterocycles. The maximum atomic E-state index is 13.8. The molecule has 0 bridgehead atoms. The van der Waals surface area contributed by atoms with Crippen molar-refractivity contribution in [3.8, 4) is 11.3 Å². The van der Waals surface area contributed by atoms with E-state index in [0.29, 0.717) is 22.1 Å². The van der Waals surface area contributed by atoms with Gasteiger partial charge in [0.2, 0.25) is 0 Å². The van der Waals surface area contributed by atoms with Crippen molar-refractivity contribution in [1.29, 1.82) is 0 Å². The minimum absolute atomic E-state index is 0.188. The lowest BCUT2D eigenvalue weighted by Gasteiger charge is -2.06. The van der Waals surface area contributed by atoms with E-state index in [9.17, 15) is 8.78 Å². The molecule has 0 aliphatic carbocycles. The third-order valence-electron chi connectivity index (χ3n) is 4.06. The molecule has 0 unspecified atom stereocenters. The maximum absolute atomic E-state index is 13.8. The summed E-state index contributed by atoms with van der Waals surface area (Å²) in [6.07, 6.45) is 4.83. The fraction of sp³-hybridized carbons (Fsp3) is 0.0500. The number of halogens is 3. The molecule has 0 atom stereocenters. The average Bonchev–Trinajstić information content (AvgIpc) is 3.15. The zero-order chi connectivity index (χ0) is 19.5. The smallest absolute Gasteiger partial charge is 0.134 e. The van der Waals surface area contributed by atoms with E-state index in [2.05, 4.69) is 20.4 Å². The Morgan fingerprint density at radius 1 is 1.00 bits per heavy atom. The van der Waals surface area contributed by atoms with E-state index in [-0.39, 0.29) is 6.54 Å². The lowest BCUT2D eigenvalue weighted by molar-refractivity contribution is 0.558. The van der Waals surface area contributed by atoms with Gasteiger partial charge in [-0.25, -0.2) is 18.7 Å². The predicted octanol–water partition coefficient (Wildman–Crippen LogP) is 5.06. The Kier molecular flexibility index (Phi) is 4.99. The number of hydrogen-bond donors (Lipinski definition) is 1. The molecule has 2 heterocycles. The Morgan fingerprint density at radius 3 is 2.61 bits per heavy atom. The summed E-state index contributed by atoms with van der Waals surface area (Å²) in [6.45, 7) is 0.188. The first kappa shape index (κ1) is 18.1. The number of nitrogens with one attached hydrogen (secondary N) is 1. The highest BCUT2D eigenvalue weighted by Gasteiger charge is 2.09. The van der Waals surface area contributed by atoms with E-state index in [1.165, 1.54) is 18.5 Å². The Balaban J connectivity index is 1.52. The lowest BCUT2D eigenvalue weighted by atomic mass is 10.2. The van der Waals surface area contributed by atoms with Crippen molar-refractivity contribution in [3.63, 3.8) is 0 Å². The first-order chi connectivity index (χ1) is 13.6. The number of rotatable bonds is 5. The second-order valence-electron chi connectivity index (χ2n) is 6.08. The standard InChI is InChI=1S/C20H14ClF2N5/c21-15-2-5-17(6-3-15)27-20-8-19(24-12-25-20)14-9-26-28(11-14)10-13-1-4-16(22)7-18(13)23/h1-9,11-12H,10H2,(H,24,25,27). The van der Waals surface area contributed by atoms with Gasteiger partial charge in [-0.05, 0) is 30.3 Å². The quantitative estimate of drug-likeness (QED) is 0.511. The summed E-state index contributed by atoms with van der Waals surface area (Å²) in [6, 6.07) is 12.5. The number of hydrogen-bond acceptors (Lipinski definition) is 4. The molecule has 0 aliphatic rings. The molecule has 2 aromatic heterocycles. The summed E-state index contributed by atoms with van der Waals surface area (Å²) in [7, 11) is 0. The fourth-order valence-electron chi connectivity index (χ4n) is 2.67. The van der Waals surface area contributed by atoms with Gasteiger partial charge in [0.15, 0.2) is 0 Å². The summed E-state index contributed by atoms with van der Waals surface area (Å²) >= 11 is 5.89. The summed E-state index contributed by atoms with van der Waals surface area (Å²) in [4.78, 5) is 8.48. The van der Waals surface area contributed by atoms with Crippen molar-refractivity contribution in [1.82, 2.24) is 19.7 Å². The van der Waals surface area contributed by atoms with Crippen LogP contribution in [0.1, 0.15) is 5.56 Å². The first-order valence-electron chi connectivity index (χ1n) is 8.38. The van der Waals surface area contributed by atoms with Gasteiger partial charge >= 0.3 is 0 Å². The van der Waals surface area contributed by atoms with Crippen molar-refractivity contribution in [2.75, 3.05) is 5.32 Å². The summed E-state index contributed by atoms with van der Waals surface area (Å²) in [5.41, 5.74) is 2.61. The van der Waals surface area contributed by atoms with Gasteiger partial charge in [0, 0.05) is 40.2 Å². The molecule has 2 aromatic carbocycles. The van der Waals surface area contributed by atoms with Crippen molar-refractivity contribution in [2.24, 2.45) is 0 Å². The SMILES string of the molecule is Fc1ccc(Cn2cc(-c3cc(Nc4ccc(Cl)cc4)ncn3)cn2)c(F)c1. The Bertz CT molecular complexity index is 1110. The molecule has 1 N–H and O–H groups in total. The summed E-state index contributed by atoms with van der Waals surface area (Å²) in [5.74, 6) is -0.595. The van der Waals surface area contributed by atoms with Crippen LogP contribution in [-0.4, -0.2) is 19.7 Å². The van der Waals surface area contributed by atoms with E-state index in [0.717, 1.165) is 17.3 Å². The Labute approximate surface area is 164 Å². The van der Waals surface area contributed by atoms with Crippen molar-refractivity contribution in [2.45, 2.75) is 6.54 Å². The lowest BCUT2D eigenvalue weighted by Crippen LogP contribution is -2.02. The van der Waals surface area contributed by atoms with E-state index in [4.69, 9.17) is 11.6 Å². The second-order valence-corrected chi connectivity index (χ2v) is 6.52. The van der Waals surface area contributed by atoms with E-state index in [1.807, 2.05) is 12.1 Å². The molecule has 0 saturated heterocycles. The van der Waals surface area contributed by atoms with Gasteiger partial charge in [-0.15, -0.1) is 0 Å². The van der Waals surface area contributed by atoms with Crippen LogP contribution in [0.25, 0.3) is 11.3 Å². The molecule has 5 nitrogen and oxygen atoms in total. The molecule has 0 spiro atoms. The van der Waals surface area contributed by atoms with Gasteiger partial charge in [0.25, 0.3) is 0 Å². The van der Waals surface area contributed by atoms with Crippen molar-refractivity contribution in [3.05, 3.63) is 89.5 Å². The molecule has 4 aromatic rings. The highest BCUT2D eigenvalue weighted by molar-refractivity contribution is 6.30. The van der Waals surface area contributed by atoms with Crippen LogP contribution in [0.5, 0.6) is 0 Å². The van der Waals surface area contributed by atoms with Crippen molar-refractivity contribution >= 4 is 23.1 Å². The Hall–Kier alpha value is -3.32. The summed E-state index contributed by atoms with van der Waals surface area (Å²) in [5, 5.41) is 8.07. The molecular formula is C20H14ClF2N5. The van der Waals surface area contributed by atoms with Gasteiger partial charge in [-0.3, -0.25) is 4.68 Å². The van der Waals surface area contributed by atoms with Crippen LogP contribution in [0.3, 0.4) is 0 Å². The van der Waals surface area contributed by atoms with Crippen LogP contribution in [0.4, 0.5) is 20.3 Å². The van der Waals surface area contributed by atoms with Crippen LogP contribution >= 0.6 is 11.6 Å². The second kappa shape index (κ2) is 7.74. The predicted molar refractivity (Wildman–Crippen MR) is 103 cm³/mol. The monoisotopic (exact) mass is 397 g/mol. The molecule has 8 heteroatoms. The maximum Gasteiger partial charge on any atom is 0.134 e. The normalized spacial score (nSPS) is 10.8. The number of benzene rings is 2. The molecule has 0 radical (unpaired) electrons. The zero-order valence-electron chi connectivity index (χ0n) is 14.5. The molecule has 140 valence electrons. The van der Waals surface area contributed by atoms with E-state index >= 15 is 0 Å². The first-order valence-corrected chi connectivity index (χ1v) is 8.76. The molecule has 28 heavy (non-hydrogen) atoms. The summed E-state index contributed by atoms with van der Waals surface area (Å²) < 4.78 is 28.4. The third-order valence-corrected chi connectivity index (χ3v) is 4.31. The minimum atomic E-state index is -0.607. The molecule has 0 saturated carbocycles. The van der Waals surface area contributed by atoms with Crippen LogP contribution in [0.2, 0.25) is 5.02 Å². The zero-order valence-corrected chi connectivity index (χ0v) is 15.2. The fourth-order valence-corrected chi connectivity index (χ4v) is 2.80. The van der Waals surface area contributed by atoms with E-state index < -0.39 is 11.6 Å². The van der Waals surface area contributed by atoms with Crippen LogP contribution in [0, 0.1) is 11.6 Å². The minimum Gasteiger partial charge on any atom is -0.340 e. The average molecular weight is 398 g/mol. The van der Waals surface area contributed by atoms with Crippen molar-refractivity contribution < 1.29 is 8.78 Å². The van der Waals surface area contributed by atoms with Gasteiger partial charge < -0.3 is 5.32 Å². The van der Waals surface area contributed by atoms with E-state index in [1.54, 1.807) is 35.3 Å². The van der Waals surface area contributed by atoms with Crippen LogP contribution < -0.4 is 5.32 Å². The van der Waals surface area contributed by atoms with Crippen LogP contribution in [-0.2, 0) is 6.54 Å². The van der Waals surface area contributed by atoms with Gasteiger partial charge in [0.1, 0.15) is 23.8 Å². The highest BCUT2D eigenvalue weighted by Crippen LogP contribution is 2.22. The van der Waals surface area contributed by atoms with Gasteiger partial charge in [0.05, 0.1) is 18.4 Å². The topological polar surface area (TPSA) is 55.6 Å². The molecule has 0 amide bonds. The molecular weight excluding hydrogens is 384 g/mol. The van der Waals surface area contributed by atoms with Crippen LogP contribution in [0.15, 0.2) is 67.3 Å². The molecule has 0 fully saturated rings. The van der Waals surface area contributed by atoms with Gasteiger partial charge in [-0.1, -0.05) is 17.7 Å². The number of nitrogens with zero attached hydrogens (tertiary/aromatic N) is 4. The van der Waals surface area contributed by atoms with Gasteiger partial charge in [-0.2, -0.15) is 5.10 Å². The Morgan fingerprint density at radius 2 is 1.82 bits per heavy atom. The number of anilines is 2.